The summed E-state index contributed by atoms with van der Waals surface area (Å²) in [7, 11) is 0. The van der Waals surface area contributed by atoms with Crippen LogP contribution in [0.2, 0.25) is 0 Å². The highest BCUT2D eigenvalue weighted by Gasteiger charge is 2.47. The topological polar surface area (TPSA) is 90.3 Å². The summed E-state index contributed by atoms with van der Waals surface area (Å²) in [6.07, 6.45) is -6.22. The van der Waals surface area contributed by atoms with Crippen LogP contribution in [0.3, 0.4) is 0 Å². The predicted molar refractivity (Wildman–Crippen MR) is 114 cm³/mol. The molecule has 35 heavy (non-hydrogen) atoms. The Labute approximate surface area is 202 Å². The number of halogens is 6. The molecule has 0 aliphatic carbocycles. The number of likely N-dealkylation sites (tertiary alicyclic amines) is 2. The number of carboxylic acid groups (broad SMARTS) is 2. The first-order chi connectivity index (χ1) is 16.2. The van der Waals surface area contributed by atoms with E-state index in [9.17, 15) is 26.3 Å². The summed E-state index contributed by atoms with van der Waals surface area (Å²) in [6.45, 7) is 9.72. The van der Waals surface area contributed by atoms with Crippen LogP contribution in [0, 0.1) is 11.3 Å². The van der Waals surface area contributed by atoms with Crippen molar-refractivity contribution < 1.29 is 50.9 Å². The molecular formula is C21H28F6N2O5S. The monoisotopic (exact) mass is 534 g/mol. The van der Waals surface area contributed by atoms with E-state index in [4.69, 9.17) is 24.5 Å². The van der Waals surface area contributed by atoms with E-state index < -0.39 is 24.3 Å². The Balaban J connectivity index is 0.000000257. The average Bonchev–Trinajstić information content (AvgIpc) is 3.39. The largest absolute Gasteiger partial charge is 0.490 e. The van der Waals surface area contributed by atoms with Gasteiger partial charge in [-0.05, 0) is 54.1 Å². The second kappa shape index (κ2) is 12.4. The van der Waals surface area contributed by atoms with E-state index in [0.717, 1.165) is 25.7 Å². The smallest absolute Gasteiger partial charge is 0.475 e. The maximum Gasteiger partial charge on any atom is 0.490 e. The highest BCUT2D eigenvalue weighted by Crippen LogP contribution is 2.40. The summed E-state index contributed by atoms with van der Waals surface area (Å²) >= 11 is 1.82. The van der Waals surface area contributed by atoms with Gasteiger partial charge in [-0.1, -0.05) is 0 Å². The minimum atomic E-state index is -5.08. The van der Waals surface area contributed by atoms with Gasteiger partial charge in [-0.15, -0.1) is 0 Å². The second-order valence-corrected chi connectivity index (χ2v) is 9.70. The normalized spacial score (nSPS) is 20.9. The molecule has 0 bridgehead atoms. The van der Waals surface area contributed by atoms with Crippen LogP contribution in [0.15, 0.2) is 16.8 Å². The Kier molecular flexibility index (Phi) is 10.4. The number of carbonyl (C=O) groups is 2. The van der Waals surface area contributed by atoms with Crippen molar-refractivity contribution in [3.8, 4) is 0 Å². The van der Waals surface area contributed by atoms with Crippen LogP contribution in [0.5, 0.6) is 0 Å². The fourth-order valence-electron chi connectivity index (χ4n) is 4.39. The highest BCUT2D eigenvalue weighted by molar-refractivity contribution is 7.07. The maximum absolute atomic E-state index is 10.6. The molecule has 1 spiro atoms. The zero-order chi connectivity index (χ0) is 26.3. The number of carboxylic acids is 2. The first-order valence-corrected chi connectivity index (χ1v) is 11.8. The summed E-state index contributed by atoms with van der Waals surface area (Å²) in [6, 6.07) is 2.27. The Hall–Kier alpha value is -1.90. The Morgan fingerprint density at radius 3 is 1.97 bits per heavy atom. The van der Waals surface area contributed by atoms with Gasteiger partial charge < -0.3 is 19.8 Å². The van der Waals surface area contributed by atoms with Gasteiger partial charge in [-0.3, -0.25) is 4.90 Å². The fourth-order valence-corrected chi connectivity index (χ4v) is 5.05. The first kappa shape index (κ1) is 29.3. The number of alkyl halides is 6. The lowest BCUT2D eigenvalue weighted by atomic mass is 9.78. The minimum Gasteiger partial charge on any atom is -0.475 e. The SMILES string of the molecule is O=C(O)C(F)(F)F.O=C(O)C(F)(F)F.c1cc(CN2CCC3(C2)CN(CC2CCOCC2)C3)cs1. The van der Waals surface area contributed by atoms with E-state index >= 15 is 0 Å². The van der Waals surface area contributed by atoms with E-state index in [1.165, 1.54) is 57.5 Å². The number of thiophene rings is 1. The molecule has 2 N–H and O–H groups in total. The molecule has 14 heteroatoms. The van der Waals surface area contributed by atoms with Crippen molar-refractivity contribution in [2.24, 2.45) is 11.3 Å². The van der Waals surface area contributed by atoms with Crippen LogP contribution in [0.4, 0.5) is 26.3 Å². The molecule has 3 aliphatic heterocycles. The third kappa shape index (κ3) is 9.94. The summed E-state index contributed by atoms with van der Waals surface area (Å²) < 4.78 is 68.9. The van der Waals surface area contributed by atoms with Gasteiger partial charge >= 0.3 is 24.3 Å². The molecule has 0 radical (unpaired) electrons. The van der Waals surface area contributed by atoms with E-state index in [0.29, 0.717) is 5.41 Å². The van der Waals surface area contributed by atoms with Crippen LogP contribution in [-0.2, 0) is 20.9 Å². The molecule has 4 rings (SSSR count). The van der Waals surface area contributed by atoms with Gasteiger partial charge in [0.05, 0.1) is 0 Å². The van der Waals surface area contributed by atoms with Crippen LogP contribution >= 0.6 is 11.3 Å². The summed E-state index contributed by atoms with van der Waals surface area (Å²) in [5.74, 6) is -4.63. The molecule has 0 saturated carbocycles. The number of aliphatic carboxylic acids is 2. The third-order valence-corrected chi connectivity index (χ3v) is 6.70. The molecule has 3 aliphatic rings. The standard InChI is InChI=1S/C17H26N2OS.2C2HF3O2/c1-6-20-7-2-15(1)9-19-13-17(14-19)4-5-18(12-17)10-16-3-8-21-11-16;2*3-2(4,5)1(6)7/h3,8,11,15H,1-2,4-7,9-10,12-14H2;2*(H,6,7). The summed E-state index contributed by atoms with van der Waals surface area (Å²) in [5, 5.41) is 18.7. The lowest BCUT2D eigenvalue weighted by Gasteiger charge is -2.49. The minimum absolute atomic E-state index is 0.626. The number of ether oxygens (including phenoxy) is 1. The van der Waals surface area contributed by atoms with Crippen molar-refractivity contribution in [3.63, 3.8) is 0 Å². The first-order valence-electron chi connectivity index (χ1n) is 10.8. The Morgan fingerprint density at radius 2 is 1.51 bits per heavy atom. The van der Waals surface area contributed by atoms with Crippen molar-refractivity contribution >= 4 is 23.3 Å². The predicted octanol–water partition coefficient (Wildman–Crippen LogP) is 3.95. The lowest BCUT2D eigenvalue weighted by molar-refractivity contribution is -0.193. The fraction of sp³-hybridized carbons (Fsp3) is 0.714. The number of hydrogen-bond acceptors (Lipinski definition) is 6. The van der Waals surface area contributed by atoms with Gasteiger partial charge in [-0.25, -0.2) is 9.59 Å². The van der Waals surface area contributed by atoms with Gasteiger partial charge in [0, 0.05) is 51.4 Å². The number of hydrogen-bond donors (Lipinski definition) is 2. The van der Waals surface area contributed by atoms with Crippen LogP contribution in [-0.4, -0.2) is 90.2 Å². The second-order valence-electron chi connectivity index (χ2n) is 8.92. The average molecular weight is 535 g/mol. The molecule has 4 heterocycles. The van der Waals surface area contributed by atoms with Crippen molar-refractivity contribution in [3.05, 3.63) is 22.4 Å². The Bertz CT molecular complexity index is 782. The Morgan fingerprint density at radius 1 is 1.00 bits per heavy atom. The third-order valence-electron chi connectivity index (χ3n) is 5.96. The quantitative estimate of drug-likeness (QED) is 0.566. The highest BCUT2D eigenvalue weighted by atomic mass is 32.1. The van der Waals surface area contributed by atoms with Gasteiger partial charge in [-0.2, -0.15) is 37.7 Å². The molecule has 0 aromatic carbocycles. The number of nitrogens with zero attached hydrogens (tertiary/aromatic N) is 2. The van der Waals surface area contributed by atoms with Gasteiger partial charge in [0.25, 0.3) is 0 Å². The van der Waals surface area contributed by atoms with E-state index in [2.05, 4.69) is 26.6 Å². The van der Waals surface area contributed by atoms with E-state index in [1.54, 1.807) is 0 Å². The van der Waals surface area contributed by atoms with Crippen molar-refractivity contribution in [2.45, 2.75) is 38.2 Å². The van der Waals surface area contributed by atoms with Crippen molar-refractivity contribution in [1.82, 2.24) is 9.80 Å². The molecule has 0 atom stereocenters. The van der Waals surface area contributed by atoms with Gasteiger partial charge in [0.1, 0.15) is 0 Å². The molecule has 1 aromatic heterocycles. The van der Waals surface area contributed by atoms with Crippen LogP contribution in [0.1, 0.15) is 24.8 Å². The molecule has 3 fully saturated rings. The molecule has 1 aromatic rings. The van der Waals surface area contributed by atoms with Gasteiger partial charge in [0.2, 0.25) is 0 Å². The van der Waals surface area contributed by atoms with E-state index in [1.807, 2.05) is 11.3 Å². The van der Waals surface area contributed by atoms with Crippen LogP contribution in [0.25, 0.3) is 0 Å². The maximum atomic E-state index is 10.6. The molecule has 200 valence electrons. The van der Waals surface area contributed by atoms with E-state index in [-0.39, 0.29) is 0 Å². The molecule has 7 nitrogen and oxygen atoms in total. The molecular weight excluding hydrogens is 506 g/mol. The zero-order valence-electron chi connectivity index (χ0n) is 18.8. The van der Waals surface area contributed by atoms with Crippen LogP contribution < -0.4 is 0 Å². The summed E-state index contributed by atoms with van der Waals surface area (Å²) in [5.41, 5.74) is 2.12. The molecule has 0 unspecified atom stereocenters. The molecule has 0 amide bonds. The zero-order valence-corrected chi connectivity index (χ0v) is 19.6. The lowest BCUT2D eigenvalue weighted by Crippen LogP contribution is -2.58. The van der Waals surface area contributed by atoms with Crippen molar-refractivity contribution in [1.29, 1.82) is 0 Å². The number of rotatable bonds is 4. The van der Waals surface area contributed by atoms with Gasteiger partial charge in [0.15, 0.2) is 0 Å². The summed E-state index contributed by atoms with van der Waals surface area (Å²) in [4.78, 5) is 23.2. The van der Waals surface area contributed by atoms with Crippen molar-refractivity contribution in [2.75, 3.05) is 45.9 Å². The molecule has 3 saturated heterocycles.